The van der Waals surface area contributed by atoms with Gasteiger partial charge in [-0.1, -0.05) is 297 Å². The smallest absolute Gasteiger partial charge is 0.0823 e. The van der Waals surface area contributed by atoms with Gasteiger partial charge in [-0.2, -0.15) is 0 Å². The number of benzene rings is 2. The molecule has 2 fully saturated rings. The van der Waals surface area contributed by atoms with Crippen LogP contribution in [0, 0.1) is 5.92 Å². The second-order valence-electron chi connectivity index (χ2n) is 9.21. The molecule has 16 heteroatoms. The van der Waals surface area contributed by atoms with Crippen LogP contribution in [-0.4, -0.2) is 31.3 Å². The summed E-state index contributed by atoms with van der Waals surface area (Å²) in [5, 5.41) is 2.47. The lowest BCUT2D eigenvalue weighted by Crippen LogP contribution is -2.88. The van der Waals surface area contributed by atoms with E-state index in [0.717, 1.165) is 12.8 Å². The minimum Gasteiger partial charge on any atom is -0.0823 e. The highest BCUT2D eigenvalue weighted by Gasteiger charge is 2.92. The number of hydrogen-bond acceptors (Lipinski definition) is 0. The molecule has 0 nitrogen and oxygen atoms in total. The largest absolute Gasteiger partial charge is 0.134 e. The zero-order valence-corrected chi connectivity index (χ0v) is 43.5. The van der Waals surface area contributed by atoms with E-state index in [9.17, 15) is 0 Å². The van der Waals surface area contributed by atoms with E-state index >= 15 is 0 Å². The molecule has 2 aromatic carbocycles. The number of halogens is 16. The van der Waals surface area contributed by atoms with Crippen molar-refractivity contribution in [3.63, 3.8) is 0 Å². The molecular weight excluding hydrogens is 1540 g/mol. The average Bonchev–Trinajstić information content (AvgIpc) is 2.80. The molecule has 2 aromatic rings. The standard InChI is InChI=1S/C22H12Br16/c23-14(9-8-11-6-3-5-10-4-1-2-7-12(10)11)13-15(24,18(29,30)21(35,36)17(14,27)28)19(31,32)22(37,38)20(33,34)16(13,25)26/h1-7,13H,8-9H2. The van der Waals surface area contributed by atoms with Crippen molar-refractivity contribution in [3.8, 4) is 0 Å². The van der Waals surface area contributed by atoms with Crippen molar-refractivity contribution in [2.75, 3.05) is 0 Å². The van der Waals surface area contributed by atoms with E-state index < -0.39 is 31.3 Å². The zero-order chi connectivity index (χ0) is 29.2. The molecule has 0 spiro atoms. The van der Waals surface area contributed by atoms with Crippen LogP contribution >= 0.6 is 255 Å². The molecule has 2 aliphatic carbocycles. The first-order chi connectivity index (χ1) is 16.9. The molecule has 0 N–H and O–H groups in total. The van der Waals surface area contributed by atoms with E-state index in [1.165, 1.54) is 16.3 Å². The molecule has 3 atom stereocenters. The summed E-state index contributed by atoms with van der Waals surface area (Å²) in [4.78, 5) is 0. The van der Waals surface area contributed by atoms with Crippen molar-refractivity contribution < 1.29 is 0 Å². The van der Waals surface area contributed by atoms with Crippen molar-refractivity contribution in [1.29, 1.82) is 0 Å². The Hall–Kier alpha value is 6.38. The van der Waals surface area contributed by atoms with Gasteiger partial charge in [0.2, 0.25) is 0 Å². The summed E-state index contributed by atoms with van der Waals surface area (Å²) in [5.74, 6) is -0.265. The third kappa shape index (κ3) is 4.77. The summed E-state index contributed by atoms with van der Waals surface area (Å²) in [6, 6.07) is 15.0. The van der Waals surface area contributed by atoms with Gasteiger partial charge in [0.25, 0.3) is 0 Å². The van der Waals surface area contributed by atoms with Crippen molar-refractivity contribution in [1.82, 2.24) is 0 Å². The fraction of sp³-hybridized carbons (Fsp3) is 0.545. The first kappa shape index (κ1) is 37.2. The third-order valence-electron chi connectivity index (χ3n) is 7.29. The molecular formula is C22H12Br16. The minimum atomic E-state index is -0.864. The molecule has 38 heavy (non-hydrogen) atoms. The summed E-state index contributed by atoms with van der Waals surface area (Å²) >= 11 is 65.9. The van der Waals surface area contributed by atoms with Crippen molar-refractivity contribution in [3.05, 3.63) is 48.0 Å². The quantitative estimate of drug-likeness (QED) is 0.269. The van der Waals surface area contributed by atoms with E-state index in [1.54, 1.807) is 0 Å². The normalized spacial score (nSPS) is 35.4. The molecule has 0 bridgehead atoms. The van der Waals surface area contributed by atoms with Crippen LogP contribution in [-0.2, 0) is 6.42 Å². The molecule has 0 aromatic heterocycles. The molecule has 2 saturated carbocycles. The molecule has 2 aliphatic rings. The molecule has 0 amide bonds. The van der Waals surface area contributed by atoms with Crippen LogP contribution in [0.25, 0.3) is 10.8 Å². The van der Waals surface area contributed by atoms with Crippen molar-refractivity contribution >= 4 is 266 Å². The lowest BCUT2D eigenvalue weighted by atomic mass is 9.62. The maximum absolute atomic E-state index is 4.36. The highest BCUT2D eigenvalue weighted by atomic mass is 79.9. The lowest BCUT2D eigenvalue weighted by Gasteiger charge is -2.76. The van der Waals surface area contributed by atoms with Gasteiger partial charge in [0, 0.05) is 5.92 Å². The Bertz CT molecular complexity index is 1250. The summed E-state index contributed by atoms with van der Waals surface area (Å²) in [5.41, 5.74) is 1.27. The maximum Gasteiger partial charge on any atom is 0.134 e. The van der Waals surface area contributed by atoms with E-state index in [2.05, 4.69) is 297 Å². The highest BCUT2D eigenvalue weighted by Crippen LogP contribution is 2.89. The molecule has 0 saturated heterocycles. The second kappa shape index (κ2) is 11.8. The van der Waals surface area contributed by atoms with Crippen LogP contribution in [0.1, 0.15) is 12.0 Å². The molecule has 212 valence electrons. The molecule has 0 aliphatic heterocycles. The Kier molecular flexibility index (Phi) is 11.5. The summed E-state index contributed by atoms with van der Waals surface area (Å²) in [6.45, 7) is 0. The maximum atomic E-state index is 4.36. The summed E-state index contributed by atoms with van der Waals surface area (Å²) in [6.07, 6.45) is 1.53. The first-order valence-electron chi connectivity index (χ1n) is 10.4. The Balaban J connectivity index is 2.02. The number of fused-ring (bicyclic) bond motifs is 2. The van der Waals surface area contributed by atoms with Crippen LogP contribution in [0.3, 0.4) is 0 Å². The zero-order valence-electron chi connectivity index (χ0n) is 18.1. The molecule has 4 rings (SSSR count). The monoisotopic (exact) mass is 1540 g/mol. The van der Waals surface area contributed by atoms with Gasteiger partial charge in [0.15, 0.2) is 0 Å². The van der Waals surface area contributed by atoms with Gasteiger partial charge in [0.05, 0.1) is 8.65 Å². The van der Waals surface area contributed by atoms with Gasteiger partial charge in [-0.15, -0.1) is 0 Å². The minimum absolute atomic E-state index is 0.265. The van der Waals surface area contributed by atoms with Gasteiger partial charge in [-0.05, 0) is 29.2 Å². The fourth-order valence-electron chi connectivity index (χ4n) is 5.22. The predicted molar refractivity (Wildman–Crippen MR) is 223 cm³/mol. The first-order valence-corrected chi connectivity index (χ1v) is 23.1. The summed E-state index contributed by atoms with van der Waals surface area (Å²) in [7, 11) is 0. The SMILES string of the molecule is BrC1(Br)C2C(Br)(CCc3cccc4ccccc34)C(Br)(Br)C(Br)(Br)C(Br)(Br)C2(Br)C(Br)(Br)C(Br)(Br)C1(Br)Br. The van der Waals surface area contributed by atoms with Crippen molar-refractivity contribution in [2.45, 2.75) is 44.1 Å². The van der Waals surface area contributed by atoms with E-state index in [4.69, 9.17) is 0 Å². The van der Waals surface area contributed by atoms with Crippen LogP contribution < -0.4 is 0 Å². The van der Waals surface area contributed by atoms with E-state index in [-0.39, 0.29) is 5.92 Å². The molecule has 0 heterocycles. The van der Waals surface area contributed by atoms with Crippen molar-refractivity contribution in [2.24, 2.45) is 5.92 Å². The van der Waals surface area contributed by atoms with Crippen LogP contribution in [0.4, 0.5) is 0 Å². The van der Waals surface area contributed by atoms with Gasteiger partial charge in [-0.3, -0.25) is 0 Å². The Morgan fingerprint density at radius 3 is 1.53 bits per heavy atom. The van der Waals surface area contributed by atoms with E-state index in [0.29, 0.717) is 0 Å². The van der Waals surface area contributed by atoms with Gasteiger partial charge < -0.3 is 0 Å². The fourth-order valence-corrected chi connectivity index (χ4v) is 25.6. The predicted octanol–water partition coefficient (Wildman–Crippen LogP) is 15.1. The molecule has 0 radical (unpaired) electrons. The third-order valence-corrected chi connectivity index (χ3v) is 41.0. The summed E-state index contributed by atoms with van der Waals surface area (Å²) < 4.78 is -7.28. The Morgan fingerprint density at radius 1 is 0.500 bits per heavy atom. The van der Waals surface area contributed by atoms with Gasteiger partial charge in [0.1, 0.15) is 22.6 Å². The van der Waals surface area contributed by atoms with E-state index in [1.807, 2.05) is 0 Å². The van der Waals surface area contributed by atoms with Crippen LogP contribution in [0.5, 0.6) is 0 Å². The molecule has 3 unspecified atom stereocenters. The lowest BCUT2D eigenvalue weighted by molar-refractivity contribution is 0.158. The second-order valence-corrected chi connectivity index (χ2v) is 36.1. The van der Waals surface area contributed by atoms with Crippen LogP contribution in [0.2, 0.25) is 0 Å². The number of alkyl halides is 16. The Morgan fingerprint density at radius 2 is 0.974 bits per heavy atom. The number of aryl methyl sites for hydroxylation is 1. The Labute approximate surface area is 356 Å². The van der Waals surface area contributed by atoms with Gasteiger partial charge in [-0.25, -0.2) is 0 Å². The topological polar surface area (TPSA) is 0 Å². The average molecular weight is 1550 g/mol. The highest BCUT2D eigenvalue weighted by molar-refractivity contribution is 9.35. The van der Waals surface area contributed by atoms with Gasteiger partial charge >= 0.3 is 0 Å². The number of rotatable bonds is 3. The number of hydrogen-bond donors (Lipinski definition) is 0. The van der Waals surface area contributed by atoms with Crippen LogP contribution in [0.15, 0.2) is 42.5 Å².